The van der Waals surface area contributed by atoms with E-state index in [-0.39, 0.29) is 0 Å². The third-order valence-corrected chi connectivity index (χ3v) is 3.35. The Balaban J connectivity index is 2.03. The SMILES string of the molecule is CC(CC(C)(C)C)c1ccc(Oc2ccccc2)cc1. The summed E-state index contributed by atoms with van der Waals surface area (Å²) in [6.45, 7) is 9.15. The van der Waals surface area contributed by atoms with Gasteiger partial charge in [0, 0.05) is 0 Å². The summed E-state index contributed by atoms with van der Waals surface area (Å²) in [7, 11) is 0. The lowest BCUT2D eigenvalue weighted by Crippen LogP contribution is -2.09. The van der Waals surface area contributed by atoms with Crippen LogP contribution in [0.1, 0.15) is 45.6 Å². The van der Waals surface area contributed by atoms with Crippen LogP contribution in [0.2, 0.25) is 0 Å². The van der Waals surface area contributed by atoms with Gasteiger partial charge in [-0.2, -0.15) is 0 Å². The van der Waals surface area contributed by atoms with Gasteiger partial charge in [0.05, 0.1) is 0 Å². The second kappa shape index (κ2) is 6.13. The Morgan fingerprint density at radius 3 is 1.95 bits per heavy atom. The lowest BCUT2D eigenvalue weighted by atomic mass is 9.82. The molecule has 0 N–H and O–H groups in total. The predicted octanol–water partition coefficient (Wildman–Crippen LogP) is 6.02. The first kappa shape index (κ1) is 14.6. The molecule has 0 saturated heterocycles. The molecule has 1 atom stereocenters. The summed E-state index contributed by atoms with van der Waals surface area (Å²) in [5.74, 6) is 2.34. The molecule has 0 amide bonds. The highest BCUT2D eigenvalue weighted by atomic mass is 16.5. The molecule has 0 aliphatic heterocycles. The average Bonchev–Trinajstić information content (AvgIpc) is 2.39. The largest absolute Gasteiger partial charge is 0.457 e. The standard InChI is InChI=1S/C19H24O/c1-15(14-19(2,3)4)16-10-12-18(13-11-16)20-17-8-6-5-7-9-17/h5-13,15H,14H2,1-4H3. The minimum absolute atomic E-state index is 0.360. The van der Waals surface area contributed by atoms with Gasteiger partial charge in [0.15, 0.2) is 0 Å². The van der Waals surface area contributed by atoms with Gasteiger partial charge in [0.1, 0.15) is 11.5 Å². The van der Waals surface area contributed by atoms with Crippen LogP contribution in [0.4, 0.5) is 0 Å². The Kier molecular flexibility index (Phi) is 4.49. The molecule has 2 aromatic rings. The zero-order valence-electron chi connectivity index (χ0n) is 12.9. The number of ether oxygens (including phenoxy) is 1. The van der Waals surface area contributed by atoms with Crippen LogP contribution in [-0.4, -0.2) is 0 Å². The van der Waals surface area contributed by atoms with Crippen LogP contribution in [0.5, 0.6) is 11.5 Å². The number of benzene rings is 2. The maximum atomic E-state index is 5.81. The van der Waals surface area contributed by atoms with Crippen molar-refractivity contribution in [3.63, 3.8) is 0 Å². The van der Waals surface area contributed by atoms with Gasteiger partial charge >= 0.3 is 0 Å². The second-order valence-corrected chi connectivity index (χ2v) is 6.65. The lowest BCUT2D eigenvalue weighted by molar-refractivity contribution is 0.349. The first-order valence-corrected chi connectivity index (χ1v) is 7.27. The van der Waals surface area contributed by atoms with Crippen molar-refractivity contribution in [2.75, 3.05) is 0 Å². The molecule has 106 valence electrons. The smallest absolute Gasteiger partial charge is 0.127 e. The van der Waals surface area contributed by atoms with Crippen molar-refractivity contribution in [2.45, 2.75) is 40.0 Å². The van der Waals surface area contributed by atoms with Gasteiger partial charge in [-0.1, -0.05) is 58.0 Å². The fraction of sp³-hybridized carbons (Fsp3) is 0.368. The quantitative estimate of drug-likeness (QED) is 0.659. The Hall–Kier alpha value is -1.76. The molecule has 1 unspecified atom stereocenters. The summed E-state index contributed by atoms with van der Waals surface area (Å²) in [5.41, 5.74) is 1.74. The maximum absolute atomic E-state index is 5.81. The van der Waals surface area contributed by atoms with Crippen molar-refractivity contribution in [1.82, 2.24) is 0 Å². The van der Waals surface area contributed by atoms with Crippen LogP contribution in [0.3, 0.4) is 0 Å². The molecule has 0 bridgehead atoms. The molecular formula is C19H24O. The third-order valence-electron chi connectivity index (χ3n) is 3.35. The monoisotopic (exact) mass is 268 g/mol. The Morgan fingerprint density at radius 2 is 1.40 bits per heavy atom. The summed E-state index contributed by atoms with van der Waals surface area (Å²) in [6, 6.07) is 18.4. The van der Waals surface area contributed by atoms with Crippen LogP contribution in [0.25, 0.3) is 0 Å². The number of hydrogen-bond donors (Lipinski definition) is 0. The van der Waals surface area contributed by atoms with Crippen LogP contribution in [0.15, 0.2) is 54.6 Å². The zero-order chi connectivity index (χ0) is 14.6. The highest BCUT2D eigenvalue weighted by Crippen LogP contribution is 2.32. The minimum atomic E-state index is 0.360. The van der Waals surface area contributed by atoms with Crippen LogP contribution < -0.4 is 4.74 Å². The maximum Gasteiger partial charge on any atom is 0.127 e. The molecule has 0 aliphatic carbocycles. The molecule has 0 aromatic heterocycles. The van der Waals surface area contributed by atoms with Crippen molar-refractivity contribution in [3.05, 3.63) is 60.2 Å². The molecule has 0 saturated carbocycles. The van der Waals surface area contributed by atoms with Crippen molar-refractivity contribution in [3.8, 4) is 11.5 Å². The Labute approximate surface area is 122 Å². The Morgan fingerprint density at radius 1 is 0.850 bits per heavy atom. The van der Waals surface area contributed by atoms with E-state index in [1.807, 2.05) is 30.3 Å². The van der Waals surface area contributed by atoms with E-state index >= 15 is 0 Å². The van der Waals surface area contributed by atoms with E-state index in [0.29, 0.717) is 11.3 Å². The van der Waals surface area contributed by atoms with Gasteiger partial charge in [-0.3, -0.25) is 0 Å². The zero-order valence-corrected chi connectivity index (χ0v) is 12.9. The molecule has 2 aromatic carbocycles. The van der Waals surface area contributed by atoms with Gasteiger partial charge in [-0.15, -0.1) is 0 Å². The topological polar surface area (TPSA) is 9.23 Å². The molecule has 20 heavy (non-hydrogen) atoms. The first-order valence-electron chi connectivity index (χ1n) is 7.27. The molecule has 0 heterocycles. The fourth-order valence-corrected chi connectivity index (χ4v) is 2.53. The summed E-state index contributed by atoms with van der Waals surface area (Å²) >= 11 is 0. The van der Waals surface area contributed by atoms with Crippen LogP contribution >= 0.6 is 0 Å². The van der Waals surface area contributed by atoms with E-state index in [0.717, 1.165) is 11.5 Å². The predicted molar refractivity (Wildman–Crippen MR) is 85.4 cm³/mol. The van der Waals surface area contributed by atoms with Gasteiger partial charge in [0.2, 0.25) is 0 Å². The molecule has 0 aliphatic rings. The first-order chi connectivity index (χ1) is 9.44. The second-order valence-electron chi connectivity index (χ2n) is 6.65. The average molecular weight is 268 g/mol. The van der Waals surface area contributed by atoms with Gasteiger partial charge in [-0.05, 0) is 47.6 Å². The highest BCUT2D eigenvalue weighted by molar-refractivity contribution is 5.33. The van der Waals surface area contributed by atoms with Crippen molar-refractivity contribution < 1.29 is 4.74 Å². The molecule has 0 fully saturated rings. The van der Waals surface area contributed by atoms with Gasteiger partial charge < -0.3 is 4.74 Å². The molecule has 1 nitrogen and oxygen atoms in total. The van der Waals surface area contributed by atoms with E-state index in [9.17, 15) is 0 Å². The van der Waals surface area contributed by atoms with Crippen LogP contribution in [0, 0.1) is 5.41 Å². The third kappa shape index (κ3) is 4.41. The summed E-state index contributed by atoms with van der Waals surface area (Å²) in [5, 5.41) is 0. The van der Waals surface area contributed by atoms with Crippen molar-refractivity contribution >= 4 is 0 Å². The van der Waals surface area contributed by atoms with Gasteiger partial charge in [0.25, 0.3) is 0 Å². The van der Waals surface area contributed by atoms with Gasteiger partial charge in [-0.25, -0.2) is 0 Å². The van der Waals surface area contributed by atoms with Crippen molar-refractivity contribution in [2.24, 2.45) is 5.41 Å². The highest BCUT2D eigenvalue weighted by Gasteiger charge is 2.16. The summed E-state index contributed by atoms with van der Waals surface area (Å²) in [4.78, 5) is 0. The minimum Gasteiger partial charge on any atom is -0.457 e. The molecule has 0 radical (unpaired) electrons. The van der Waals surface area contributed by atoms with Crippen molar-refractivity contribution in [1.29, 1.82) is 0 Å². The van der Waals surface area contributed by atoms with E-state index in [1.54, 1.807) is 0 Å². The number of hydrogen-bond acceptors (Lipinski definition) is 1. The van der Waals surface area contributed by atoms with E-state index in [1.165, 1.54) is 12.0 Å². The Bertz CT molecular complexity index is 520. The number of para-hydroxylation sites is 1. The number of rotatable bonds is 4. The van der Waals surface area contributed by atoms with E-state index in [2.05, 4.69) is 52.0 Å². The lowest BCUT2D eigenvalue weighted by Gasteiger charge is -2.23. The summed E-state index contributed by atoms with van der Waals surface area (Å²) < 4.78 is 5.81. The molecule has 0 spiro atoms. The van der Waals surface area contributed by atoms with E-state index in [4.69, 9.17) is 4.74 Å². The fourth-order valence-electron chi connectivity index (χ4n) is 2.53. The molecule has 2 rings (SSSR count). The summed E-state index contributed by atoms with van der Waals surface area (Å²) in [6.07, 6.45) is 1.19. The molecule has 1 heteroatoms. The van der Waals surface area contributed by atoms with E-state index < -0.39 is 0 Å². The van der Waals surface area contributed by atoms with Crippen LogP contribution in [-0.2, 0) is 0 Å². The molecular weight excluding hydrogens is 244 g/mol. The normalized spacial score (nSPS) is 13.0.